The molecular weight excluding hydrogens is 577 g/mol. The third kappa shape index (κ3) is 4.03. The van der Waals surface area contributed by atoms with Gasteiger partial charge in [0.2, 0.25) is 0 Å². The zero-order valence-electron chi connectivity index (χ0n) is 26.3. The van der Waals surface area contributed by atoms with Gasteiger partial charge in [0, 0.05) is 0 Å². The summed E-state index contributed by atoms with van der Waals surface area (Å²) in [5, 5.41) is 12.9. The third-order valence-electron chi connectivity index (χ3n) is 10.3. The number of hydrogen-bond acceptors (Lipinski definition) is 0. The molecule has 222 valence electrons. The average molecular weight is 607 g/mol. The third-order valence-corrected chi connectivity index (χ3v) is 10.3. The van der Waals surface area contributed by atoms with Gasteiger partial charge in [-0.25, -0.2) is 0 Å². The van der Waals surface area contributed by atoms with Gasteiger partial charge in [-0.05, 0) is 98.4 Å². The van der Waals surface area contributed by atoms with E-state index in [-0.39, 0.29) is 0 Å². The predicted molar refractivity (Wildman–Crippen MR) is 207 cm³/mol. The molecule has 0 bridgehead atoms. The summed E-state index contributed by atoms with van der Waals surface area (Å²) in [6.45, 7) is 0. The van der Waals surface area contributed by atoms with Gasteiger partial charge in [-0.15, -0.1) is 0 Å². The molecule has 0 heteroatoms. The molecule has 0 heterocycles. The molecule has 10 aromatic rings. The minimum atomic E-state index is 1.26. The molecule has 0 aliphatic heterocycles. The lowest BCUT2D eigenvalue weighted by atomic mass is 9.84. The lowest BCUT2D eigenvalue weighted by Gasteiger charge is -2.19. The van der Waals surface area contributed by atoms with Crippen LogP contribution in [-0.2, 0) is 0 Å². The molecule has 0 atom stereocenters. The van der Waals surface area contributed by atoms with E-state index in [9.17, 15) is 0 Å². The maximum Gasteiger partial charge on any atom is -0.00203 e. The van der Waals surface area contributed by atoms with Gasteiger partial charge < -0.3 is 0 Å². The Morgan fingerprint density at radius 3 is 0.917 bits per heavy atom. The van der Waals surface area contributed by atoms with Crippen LogP contribution in [0.25, 0.3) is 98.4 Å². The highest BCUT2D eigenvalue weighted by molar-refractivity contribution is 6.28. The molecular formula is C48H30. The summed E-state index contributed by atoms with van der Waals surface area (Å²) < 4.78 is 0. The highest BCUT2D eigenvalue weighted by Crippen LogP contribution is 2.46. The summed E-state index contributed by atoms with van der Waals surface area (Å²) in [4.78, 5) is 0. The van der Waals surface area contributed by atoms with Crippen molar-refractivity contribution in [2.24, 2.45) is 0 Å². The molecule has 0 nitrogen and oxygen atoms in total. The normalized spacial score (nSPS) is 11.8. The maximum absolute atomic E-state index is 2.34. The van der Waals surface area contributed by atoms with E-state index in [4.69, 9.17) is 0 Å². The van der Waals surface area contributed by atoms with Crippen LogP contribution in [0.15, 0.2) is 182 Å². The Labute approximate surface area is 279 Å². The van der Waals surface area contributed by atoms with E-state index < -0.39 is 0 Å². The fourth-order valence-electron chi connectivity index (χ4n) is 8.10. The van der Waals surface area contributed by atoms with Gasteiger partial charge in [0.25, 0.3) is 0 Å². The molecule has 0 radical (unpaired) electrons. The quantitative estimate of drug-likeness (QED) is 0.175. The van der Waals surface area contributed by atoms with E-state index >= 15 is 0 Å². The summed E-state index contributed by atoms with van der Waals surface area (Å²) >= 11 is 0. The van der Waals surface area contributed by atoms with Crippen molar-refractivity contribution >= 4 is 53.9 Å². The summed E-state index contributed by atoms with van der Waals surface area (Å²) in [5.74, 6) is 0. The van der Waals surface area contributed by atoms with Crippen LogP contribution in [0.3, 0.4) is 0 Å². The summed E-state index contributed by atoms with van der Waals surface area (Å²) in [6.07, 6.45) is 0. The molecule has 0 fully saturated rings. The second-order valence-electron chi connectivity index (χ2n) is 12.8. The molecule has 0 saturated heterocycles. The Hall–Kier alpha value is -6.24. The molecule has 0 spiro atoms. The van der Waals surface area contributed by atoms with Crippen LogP contribution in [0.2, 0.25) is 0 Å². The van der Waals surface area contributed by atoms with Crippen molar-refractivity contribution in [3.8, 4) is 44.5 Å². The van der Waals surface area contributed by atoms with Crippen molar-refractivity contribution in [2.75, 3.05) is 0 Å². The van der Waals surface area contributed by atoms with Crippen molar-refractivity contribution in [3.63, 3.8) is 0 Å². The topological polar surface area (TPSA) is 0 Å². The van der Waals surface area contributed by atoms with E-state index in [2.05, 4.69) is 182 Å². The van der Waals surface area contributed by atoms with E-state index in [1.54, 1.807) is 0 Å². The van der Waals surface area contributed by atoms with Crippen molar-refractivity contribution in [1.29, 1.82) is 0 Å². The molecule has 0 aliphatic rings. The lowest BCUT2D eigenvalue weighted by Crippen LogP contribution is -1.92. The number of hydrogen-bond donors (Lipinski definition) is 0. The Balaban J connectivity index is 1.23. The van der Waals surface area contributed by atoms with Gasteiger partial charge in [0.15, 0.2) is 0 Å². The first-order valence-corrected chi connectivity index (χ1v) is 16.7. The van der Waals surface area contributed by atoms with Gasteiger partial charge in [-0.3, -0.25) is 0 Å². The first-order valence-electron chi connectivity index (χ1n) is 16.7. The predicted octanol–water partition coefficient (Wildman–Crippen LogP) is 13.6. The molecule has 0 aliphatic carbocycles. The molecule has 10 rings (SSSR count). The van der Waals surface area contributed by atoms with Crippen molar-refractivity contribution in [3.05, 3.63) is 182 Å². The van der Waals surface area contributed by atoms with E-state index in [1.807, 2.05) is 0 Å². The Bertz CT molecular complexity index is 2630. The van der Waals surface area contributed by atoms with E-state index in [0.29, 0.717) is 0 Å². The van der Waals surface area contributed by atoms with Crippen LogP contribution in [0, 0.1) is 0 Å². The van der Waals surface area contributed by atoms with Gasteiger partial charge in [-0.2, -0.15) is 0 Å². The molecule has 0 aromatic heterocycles. The smallest absolute Gasteiger partial charge is 0.00203 e. The highest BCUT2D eigenvalue weighted by atomic mass is 14.2. The molecule has 0 saturated carbocycles. The molecule has 0 N–H and O–H groups in total. The average Bonchev–Trinajstić information content (AvgIpc) is 3.16. The fourth-order valence-corrected chi connectivity index (χ4v) is 8.10. The second kappa shape index (κ2) is 10.7. The Kier molecular flexibility index (Phi) is 5.98. The zero-order chi connectivity index (χ0) is 31.6. The van der Waals surface area contributed by atoms with Crippen LogP contribution < -0.4 is 0 Å². The minimum absolute atomic E-state index is 1.26. The summed E-state index contributed by atoms with van der Waals surface area (Å²) in [6, 6.07) is 67.0. The number of rotatable bonds is 4. The monoisotopic (exact) mass is 606 g/mol. The molecule has 0 unspecified atom stereocenters. The van der Waals surface area contributed by atoms with Gasteiger partial charge >= 0.3 is 0 Å². The molecule has 10 aromatic carbocycles. The van der Waals surface area contributed by atoms with Gasteiger partial charge in [0.1, 0.15) is 0 Å². The standard InChI is InChI=1S/C48H30/c1-3-15-35-31(11-1)13-9-21-37(35)39-17-5-7-19-41(39)43-27-23-33-26-30-46-44(28-24-34-25-29-45(43)47(33)48(34)46)42-20-8-6-18-40(42)38-22-10-14-32-12-2-4-16-36(32)38/h1-30H. The maximum atomic E-state index is 2.34. The largest absolute Gasteiger partial charge is 0.0616 e. The number of benzene rings is 10. The van der Waals surface area contributed by atoms with Crippen LogP contribution in [0.1, 0.15) is 0 Å². The van der Waals surface area contributed by atoms with Gasteiger partial charge in [-0.1, -0.05) is 182 Å². The van der Waals surface area contributed by atoms with E-state index in [1.165, 1.54) is 98.4 Å². The lowest BCUT2D eigenvalue weighted by molar-refractivity contribution is 1.62. The summed E-state index contributed by atoms with van der Waals surface area (Å²) in [7, 11) is 0. The first kappa shape index (κ1) is 26.9. The van der Waals surface area contributed by atoms with Crippen molar-refractivity contribution in [1.82, 2.24) is 0 Å². The fraction of sp³-hybridized carbons (Fsp3) is 0. The Morgan fingerprint density at radius 1 is 0.167 bits per heavy atom. The van der Waals surface area contributed by atoms with Crippen molar-refractivity contribution < 1.29 is 0 Å². The SMILES string of the molecule is c1ccc(-c2ccc3ccc4c(-c5ccccc5-c5cccc6ccccc56)ccc5ccc2c3c54)c(-c2cccc3ccccc23)c1. The molecule has 0 amide bonds. The zero-order valence-corrected chi connectivity index (χ0v) is 26.3. The molecule has 48 heavy (non-hydrogen) atoms. The van der Waals surface area contributed by atoms with E-state index in [0.717, 1.165) is 0 Å². The van der Waals surface area contributed by atoms with Crippen LogP contribution >= 0.6 is 0 Å². The number of fused-ring (bicyclic) bond motifs is 2. The van der Waals surface area contributed by atoms with Crippen molar-refractivity contribution in [2.45, 2.75) is 0 Å². The first-order chi connectivity index (χ1) is 23.8. The summed E-state index contributed by atoms with van der Waals surface area (Å²) in [5.41, 5.74) is 10.1. The van der Waals surface area contributed by atoms with Crippen LogP contribution in [0.4, 0.5) is 0 Å². The van der Waals surface area contributed by atoms with Crippen LogP contribution in [-0.4, -0.2) is 0 Å². The minimum Gasteiger partial charge on any atom is -0.0616 e. The Morgan fingerprint density at radius 2 is 0.479 bits per heavy atom. The highest BCUT2D eigenvalue weighted by Gasteiger charge is 2.19. The second-order valence-corrected chi connectivity index (χ2v) is 12.8. The van der Waals surface area contributed by atoms with Crippen LogP contribution in [0.5, 0.6) is 0 Å². The van der Waals surface area contributed by atoms with Gasteiger partial charge in [0.05, 0.1) is 0 Å².